The van der Waals surface area contributed by atoms with Crippen LogP contribution in [0.4, 0.5) is 0 Å². The van der Waals surface area contributed by atoms with Gasteiger partial charge in [0, 0.05) is 18.8 Å². The summed E-state index contributed by atoms with van der Waals surface area (Å²) in [5.74, 6) is -2.01. The maximum absolute atomic E-state index is 12.5. The summed E-state index contributed by atoms with van der Waals surface area (Å²) in [5, 5.41) is 9.16. The van der Waals surface area contributed by atoms with Crippen LogP contribution in [0.5, 0.6) is 0 Å². The summed E-state index contributed by atoms with van der Waals surface area (Å²) in [6.45, 7) is 4.87. The normalized spacial score (nSPS) is 25.1. The molecule has 0 spiro atoms. The Bertz CT molecular complexity index is 623. The lowest BCUT2D eigenvalue weighted by Gasteiger charge is -2.37. The lowest BCUT2D eigenvalue weighted by atomic mass is 9.92. The van der Waals surface area contributed by atoms with E-state index in [1.165, 1.54) is 18.2 Å². The van der Waals surface area contributed by atoms with Gasteiger partial charge in [-0.2, -0.15) is 4.31 Å². The van der Waals surface area contributed by atoms with Crippen molar-refractivity contribution in [1.29, 1.82) is 0 Å². The predicted octanol–water partition coefficient (Wildman–Crippen LogP) is 0.715. The maximum atomic E-state index is 12.5. The number of carboxylic acids is 1. The molecule has 7 nitrogen and oxygen atoms in total. The van der Waals surface area contributed by atoms with E-state index < -0.39 is 42.5 Å². The van der Waals surface area contributed by atoms with Crippen LogP contribution in [-0.2, 0) is 24.7 Å². The Morgan fingerprint density at radius 2 is 1.82 bits per heavy atom. The van der Waals surface area contributed by atoms with Crippen molar-refractivity contribution in [2.45, 2.75) is 50.8 Å². The molecular formula is C13H25NO6S2. The van der Waals surface area contributed by atoms with Crippen molar-refractivity contribution < 1.29 is 26.7 Å². The van der Waals surface area contributed by atoms with Crippen LogP contribution < -0.4 is 0 Å². The lowest BCUT2D eigenvalue weighted by molar-refractivity contribution is -0.144. The Morgan fingerprint density at radius 3 is 2.27 bits per heavy atom. The second-order valence-electron chi connectivity index (χ2n) is 6.54. The molecule has 9 heteroatoms. The highest BCUT2D eigenvalue weighted by Gasteiger charge is 2.40. The fourth-order valence-corrected chi connectivity index (χ4v) is 5.18. The van der Waals surface area contributed by atoms with Crippen LogP contribution in [0.25, 0.3) is 0 Å². The molecule has 22 heavy (non-hydrogen) atoms. The van der Waals surface area contributed by atoms with Gasteiger partial charge in [-0.15, -0.1) is 0 Å². The average molecular weight is 355 g/mol. The van der Waals surface area contributed by atoms with Gasteiger partial charge in [0.15, 0.2) is 9.84 Å². The van der Waals surface area contributed by atoms with Crippen LogP contribution in [0, 0.1) is 5.92 Å². The summed E-state index contributed by atoms with van der Waals surface area (Å²) in [4.78, 5) is 11.2. The van der Waals surface area contributed by atoms with Crippen molar-refractivity contribution in [3.05, 3.63) is 0 Å². The molecule has 2 atom stereocenters. The quantitative estimate of drug-likeness (QED) is 0.752. The Morgan fingerprint density at radius 1 is 1.27 bits per heavy atom. The summed E-state index contributed by atoms with van der Waals surface area (Å²) >= 11 is 0. The molecule has 0 aromatic carbocycles. The highest BCUT2D eigenvalue weighted by atomic mass is 32.2. The predicted molar refractivity (Wildman–Crippen MR) is 83.9 cm³/mol. The molecule has 1 fully saturated rings. The monoisotopic (exact) mass is 355 g/mol. The van der Waals surface area contributed by atoms with Gasteiger partial charge in [-0.1, -0.05) is 0 Å². The van der Waals surface area contributed by atoms with Gasteiger partial charge in [0.2, 0.25) is 10.0 Å². The molecule has 1 rings (SSSR count). The molecule has 0 aliphatic carbocycles. The SMILES string of the molecule is C[C@@H]1[C@H](C(=O)O)CCCN1S(=O)(=O)CCC(C)(C)S(C)(=O)=O. The van der Waals surface area contributed by atoms with Gasteiger partial charge in [-0.05, 0) is 40.0 Å². The average Bonchev–Trinajstić information content (AvgIpc) is 2.35. The lowest BCUT2D eigenvalue weighted by Crippen LogP contribution is -2.50. The van der Waals surface area contributed by atoms with Crippen LogP contribution >= 0.6 is 0 Å². The highest BCUT2D eigenvalue weighted by molar-refractivity contribution is 7.92. The summed E-state index contributed by atoms with van der Waals surface area (Å²) in [6, 6.07) is -0.613. The third-order valence-electron chi connectivity index (χ3n) is 4.57. The van der Waals surface area contributed by atoms with E-state index in [4.69, 9.17) is 5.11 Å². The van der Waals surface area contributed by atoms with Gasteiger partial charge in [0.25, 0.3) is 0 Å². The Kier molecular flexibility index (Phi) is 5.68. The van der Waals surface area contributed by atoms with Gasteiger partial charge in [-0.3, -0.25) is 4.79 Å². The largest absolute Gasteiger partial charge is 0.481 e. The zero-order valence-corrected chi connectivity index (χ0v) is 15.1. The molecule has 1 N–H and O–H groups in total. The maximum Gasteiger partial charge on any atom is 0.308 e. The van der Waals surface area contributed by atoms with Crippen LogP contribution in [0.1, 0.15) is 40.0 Å². The first-order chi connectivity index (χ1) is 9.79. The molecule has 0 bridgehead atoms. The Labute approximate surface area is 132 Å². The number of nitrogens with zero attached hydrogens (tertiary/aromatic N) is 1. The molecular weight excluding hydrogens is 330 g/mol. The third kappa shape index (κ3) is 4.20. The van der Waals surface area contributed by atoms with Gasteiger partial charge in [-0.25, -0.2) is 16.8 Å². The van der Waals surface area contributed by atoms with Crippen molar-refractivity contribution in [2.75, 3.05) is 18.6 Å². The van der Waals surface area contributed by atoms with E-state index in [2.05, 4.69) is 0 Å². The van der Waals surface area contributed by atoms with E-state index in [1.54, 1.807) is 6.92 Å². The van der Waals surface area contributed by atoms with Crippen molar-refractivity contribution in [2.24, 2.45) is 5.92 Å². The van der Waals surface area contributed by atoms with Crippen LogP contribution in [-0.4, -0.2) is 61.6 Å². The Balaban J connectivity index is 2.89. The third-order valence-corrected chi connectivity index (χ3v) is 8.73. The first-order valence-corrected chi connectivity index (χ1v) is 10.7. The second-order valence-corrected chi connectivity index (χ2v) is 11.2. The summed E-state index contributed by atoms with van der Waals surface area (Å²) in [6.07, 6.45) is 2.02. The van der Waals surface area contributed by atoms with Gasteiger partial charge >= 0.3 is 5.97 Å². The molecule has 0 unspecified atom stereocenters. The molecule has 0 aromatic rings. The molecule has 1 saturated heterocycles. The van der Waals surface area contributed by atoms with E-state index in [1.807, 2.05) is 0 Å². The van der Waals surface area contributed by atoms with Crippen LogP contribution in [0.15, 0.2) is 0 Å². The van der Waals surface area contributed by atoms with Crippen LogP contribution in [0.3, 0.4) is 0 Å². The zero-order valence-electron chi connectivity index (χ0n) is 13.4. The van der Waals surface area contributed by atoms with Gasteiger partial charge in [0.05, 0.1) is 16.4 Å². The van der Waals surface area contributed by atoms with Crippen molar-refractivity contribution in [1.82, 2.24) is 4.31 Å². The van der Waals surface area contributed by atoms with Crippen LogP contribution in [0.2, 0.25) is 0 Å². The summed E-state index contributed by atoms with van der Waals surface area (Å²) in [5.41, 5.74) is 0. The fourth-order valence-electron chi connectivity index (χ4n) is 2.51. The number of sulfonamides is 1. The van der Waals surface area contributed by atoms with Gasteiger partial charge in [0.1, 0.15) is 0 Å². The molecule has 0 amide bonds. The number of sulfone groups is 1. The number of rotatable bonds is 6. The zero-order chi connectivity index (χ0) is 17.3. The molecule has 130 valence electrons. The minimum Gasteiger partial charge on any atom is -0.481 e. The number of aliphatic carboxylic acids is 1. The number of piperidine rings is 1. The standard InChI is InChI=1S/C13H25NO6S2/c1-10-11(12(15)16)6-5-8-14(10)22(19,20)9-7-13(2,3)21(4,17)18/h10-11H,5-9H2,1-4H3,(H,15,16)/t10-,11-/m1/s1. The summed E-state index contributed by atoms with van der Waals surface area (Å²) < 4.78 is 48.4. The molecule has 0 aromatic heterocycles. The second kappa shape index (κ2) is 6.45. The van der Waals surface area contributed by atoms with Crippen molar-refractivity contribution in [3.63, 3.8) is 0 Å². The highest BCUT2D eigenvalue weighted by Crippen LogP contribution is 2.28. The molecule has 0 saturated carbocycles. The minimum absolute atomic E-state index is 0.0187. The molecule has 1 aliphatic heterocycles. The van der Waals surface area contributed by atoms with E-state index in [0.29, 0.717) is 12.8 Å². The molecule has 0 radical (unpaired) electrons. The number of carboxylic acid groups (broad SMARTS) is 1. The topological polar surface area (TPSA) is 109 Å². The van der Waals surface area contributed by atoms with Gasteiger partial charge < -0.3 is 5.11 Å². The van der Waals surface area contributed by atoms with E-state index in [9.17, 15) is 21.6 Å². The first-order valence-electron chi connectivity index (χ1n) is 7.21. The minimum atomic E-state index is -3.69. The molecule has 1 heterocycles. The first kappa shape index (κ1) is 19.4. The van der Waals surface area contributed by atoms with E-state index in [-0.39, 0.29) is 18.7 Å². The van der Waals surface area contributed by atoms with E-state index in [0.717, 1.165) is 6.26 Å². The van der Waals surface area contributed by atoms with E-state index >= 15 is 0 Å². The smallest absolute Gasteiger partial charge is 0.308 e. The van der Waals surface area contributed by atoms with Crippen molar-refractivity contribution >= 4 is 25.8 Å². The fraction of sp³-hybridized carbons (Fsp3) is 0.923. The number of carbonyl (C=O) groups is 1. The Hall–Kier alpha value is -0.670. The van der Waals surface area contributed by atoms with Crippen molar-refractivity contribution in [3.8, 4) is 0 Å². The summed E-state index contributed by atoms with van der Waals surface area (Å²) in [7, 11) is -7.06. The molecule has 1 aliphatic rings. The number of hydrogen-bond acceptors (Lipinski definition) is 5. The number of hydrogen-bond donors (Lipinski definition) is 1.